The number of hydrogen-bond acceptors (Lipinski definition) is 4. The van der Waals surface area contributed by atoms with Crippen molar-refractivity contribution in [3.63, 3.8) is 0 Å². The summed E-state index contributed by atoms with van der Waals surface area (Å²) in [5.41, 5.74) is -0.771. The highest BCUT2D eigenvalue weighted by molar-refractivity contribution is 5.92. The van der Waals surface area contributed by atoms with Gasteiger partial charge in [-0.15, -0.1) is 0 Å². The second-order valence-corrected chi connectivity index (χ2v) is 5.78. The Morgan fingerprint density at radius 1 is 1.12 bits per heavy atom. The molecule has 1 aromatic heterocycles. The fourth-order valence-corrected chi connectivity index (χ4v) is 2.50. The zero-order chi connectivity index (χ0) is 18.4. The minimum absolute atomic E-state index is 0.000308. The second-order valence-electron chi connectivity index (χ2n) is 5.78. The van der Waals surface area contributed by atoms with Crippen LogP contribution in [-0.2, 0) is 4.79 Å². The molecule has 7 heteroatoms. The highest BCUT2D eigenvalue weighted by Crippen LogP contribution is 2.25. The lowest BCUT2D eigenvalue weighted by atomic mass is 9.82. The highest BCUT2D eigenvalue weighted by Gasteiger charge is 2.35. The van der Waals surface area contributed by atoms with Crippen LogP contribution in [0.3, 0.4) is 0 Å². The van der Waals surface area contributed by atoms with Crippen molar-refractivity contribution in [3.8, 4) is 5.69 Å². The molecule has 0 bridgehead atoms. The van der Waals surface area contributed by atoms with Crippen LogP contribution in [0.25, 0.3) is 5.69 Å². The van der Waals surface area contributed by atoms with E-state index in [1.54, 1.807) is 38.1 Å². The van der Waals surface area contributed by atoms with Crippen LogP contribution in [0.15, 0.2) is 47.3 Å². The molecule has 1 amide bonds. The summed E-state index contributed by atoms with van der Waals surface area (Å²) in [6, 6.07) is 11.3. The molecule has 7 nitrogen and oxygen atoms in total. The maximum Gasteiger partial charge on any atom is 0.311 e. The first-order chi connectivity index (χ1) is 11.9. The van der Waals surface area contributed by atoms with Crippen molar-refractivity contribution in [2.75, 3.05) is 6.54 Å². The van der Waals surface area contributed by atoms with Gasteiger partial charge in [-0.1, -0.05) is 32.0 Å². The Bertz CT molecular complexity index is 811. The Hall–Kier alpha value is -2.96. The molecule has 0 fully saturated rings. The molecule has 0 saturated carbocycles. The number of nitrogens with zero attached hydrogens (tertiary/aromatic N) is 2. The van der Waals surface area contributed by atoms with E-state index in [-0.39, 0.29) is 17.8 Å². The van der Waals surface area contributed by atoms with Gasteiger partial charge in [0.25, 0.3) is 11.5 Å². The summed E-state index contributed by atoms with van der Waals surface area (Å²) in [6.07, 6.45) is 0.798. The SMILES string of the molecule is CCC(CC)(CNC(=O)c1ccc(=O)n(-c2ccccc2)n1)C(=O)O. The molecule has 1 aromatic carbocycles. The molecule has 0 aliphatic carbocycles. The van der Waals surface area contributed by atoms with E-state index in [1.165, 1.54) is 12.1 Å². The standard InChI is InChI=1S/C18H21N3O4/c1-3-18(4-2,17(24)25)12-19-16(23)14-10-11-15(22)21(20-14)13-8-6-5-7-9-13/h5-11H,3-4,12H2,1-2H3,(H,19,23)(H,24,25). The minimum atomic E-state index is -1.01. The molecule has 0 aliphatic rings. The van der Waals surface area contributed by atoms with Crippen molar-refractivity contribution in [3.05, 3.63) is 58.5 Å². The number of carbonyl (C=O) groups excluding carboxylic acids is 1. The summed E-state index contributed by atoms with van der Waals surface area (Å²) in [5, 5.41) is 16.1. The number of amides is 1. The lowest BCUT2D eigenvalue weighted by molar-refractivity contribution is -0.149. The molecule has 0 unspecified atom stereocenters. The molecule has 0 atom stereocenters. The van der Waals surface area contributed by atoms with Gasteiger partial charge in [-0.2, -0.15) is 9.78 Å². The van der Waals surface area contributed by atoms with Gasteiger partial charge in [-0.25, -0.2) is 0 Å². The Morgan fingerprint density at radius 3 is 2.32 bits per heavy atom. The van der Waals surface area contributed by atoms with Crippen LogP contribution in [0.2, 0.25) is 0 Å². The van der Waals surface area contributed by atoms with Crippen LogP contribution in [-0.4, -0.2) is 33.3 Å². The molecule has 0 aliphatic heterocycles. The maximum atomic E-state index is 12.4. The molecular formula is C18H21N3O4. The molecule has 2 N–H and O–H groups in total. The number of carboxylic acid groups (broad SMARTS) is 1. The van der Waals surface area contributed by atoms with Gasteiger partial charge in [0, 0.05) is 12.6 Å². The smallest absolute Gasteiger partial charge is 0.311 e. The number of rotatable bonds is 7. The zero-order valence-corrected chi connectivity index (χ0v) is 14.2. The van der Waals surface area contributed by atoms with E-state index >= 15 is 0 Å². The molecule has 0 saturated heterocycles. The number of benzene rings is 1. The summed E-state index contributed by atoms with van der Waals surface area (Å²) < 4.78 is 1.14. The van der Waals surface area contributed by atoms with Crippen molar-refractivity contribution in [2.24, 2.45) is 5.41 Å². The Balaban J connectivity index is 2.23. The maximum absolute atomic E-state index is 12.4. The molecule has 0 radical (unpaired) electrons. The van der Waals surface area contributed by atoms with E-state index in [0.29, 0.717) is 18.5 Å². The van der Waals surface area contributed by atoms with Crippen molar-refractivity contribution < 1.29 is 14.7 Å². The van der Waals surface area contributed by atoms with E-state index in [9.17, 15) is 19.5 Å². The predicted molar refractivity (Wildman–Crippen MR) is 92.8 cm³/mol. The van der Waals surface area contributed by atoms with Gasteiger partial charge in [-0.05, 0) is 31.0 Å². The van der Waals surface area contributed by atoms with E-state index in [2.05, 4.69) is 10.4 Å². The Labute approximate surface area is 145 Å². The second kappa shape index (κ2) is 7.74. The molecule has 2 aromatic rings. The number of para-hydroxylation sites is 1. The summed E-state index contributed by atoms with van der Waals surface area (Å²) in [5.74, 6) is -1.46. The number of aromatic nitrogens is 2. The first-order valence-electron chi connectivity index (χ1n) is 8.11. The predicted octanol–water partition coefficient (Wildman–Crippen LogP) is 1.85. The fraction of sp³-hybridized carbons (Fsp3) is 0.333. The summed E-state index contributed by atoms with van der Waals surface area (Å²) >= 11 is 0. The van der Waals surface area contributed by atoms with Gasteiger partial charge in [-0.3, -0.25) is 14.4 Å². The van der Waals surface area contributed by atoms with Gasteiger partial charge in [0.05, 0.1) is 11.1 Å². The van der Waals surface area contributed by atoms with Crippen molar-refractivity contribution in [1.82, 2.24) is 15.1 Å². The van der Waals surface area contributed by atoms with E-state index in [0.717, 1.165) is 4.68 Å². The molecule has 1 heterocycles. The molecular weight excluding hydrogens is 322 g/mol. The van der Waals surface area contributed by atoms with Crippen LogP contribution in [0.1, 0.15) is 37.2 Å². The van der Waals surface area contributed by atoms with Crippen LogP contribution >= 0.6 is 0 Å². The van der Waals surface area contributed by atoms with Gasteiger partial charge in [0.1, 0.15) is 5.69 Å². The minimum Gasteiger partial charge on any atom is -0.481 e. The monoisotopic (exact) mass is 343 g/mol. The molecule has 0 spiro atoms. The highest BCUT2D eigenvalue weighted by atomic mass is 16.4. The van der Waals surface area contributed by atoms with Crippen molar-refractivity contribution in [1.29, 1.82) is 0 Å². The number of carbonyl (C=O) groups is 2. The normalized spacial score (nSPS) is 11.1. The third-order valence-corrected chi connectivity index (χ3v) is 4.43. The van der Waals surface area contributed by atoms with E-state index in [1.807, 2.05) is 6.07 Å². The quantitative estimate of drug-likeness (QED) is 0.799. The van der Waals surface area contributed by atoms with Crippen LogP contribution in [0.4, 0.5) is 0 Å². The molecule has 2 rings (SSSR count). The van der Waals surface area contributed by atoms with Gasteiger partial charge < -0.3 is 10.4 Å². The topological polar surface area (TPSA) is 101 Å². The van der Waals surface area contributed by atoms with Crippen LogP contribution in [0, 0.1) is 5.41 Å². The lowest BCUT2D eigenvalue weighted by Crippen LogP contribution is -2.42. The lowest BCUT2D eigenvalue weighted by Gasteiger charge is -2.26. The first kappa shape index (κ1) is 18.4. The fourth-order valence-electron chi connectivity index (χ4n) is 2.50. The van der Waals surface area contributed by atoms with E-state index in [4.69, 9.17) is 0 Å². The van der Waals surface area contributed by atoms with Gasteiger partial charge >= 0.3 is 5.97 Å². The average Bonchev–Trinajstić information content (AvgIpc) is 2.63. The largest absolute Gasteiger partial charge is 0.481 e. The van der Waals surface area contributed by atoms with Crippen molar-refractivity contribution >= 4 is 11.9 Å². The number of aliphatic carboxylic acids is 1. The van der Waals surface area contributed by atoms with Crippen LogP contribution < -0.4 is 10.9 Å². The summed E-state index contributed by atoms with van der Waals surface area (Å²) in [7, 11) is 0. The number of carboxylic acids is 1. The summed E-state index contributed by atoms with van der Waals surface area (Å²) in [4.78, 5) is 35.8. The molecule has 132 valence electrons. The zero-order valence-electron chi connectivity index (χ0n) is 14.2. The van der Waals surface area contributed by atoms with Gasteiger partial charge in [0.2, 0.25) is 0 Å². The van der Waals surface area contributed by atoms with Crippen molar-refractivity contribution in [2.45, 2.75) is 26.7 Å². The number of nitrogens with one attached hydrogen (secondary N) is 1. The average molecular weight is 343 g/mol. The Morgan fingerprint density at radius 2 is 1.76 bits per heavy atom. The molecule has 25 heavy (non-hydrogen) atoms. The third kappa shape index (κ3) is 3.93. The van der Waals surface area contributed by atoms with E-state index < -0.39 is 17.3 Å². The first-order valence-corrected chi connectivity index (χ1v) is 8.11. The summed E-state index contributed by atoms with van der Waals surface area (Å²) in [6.45, 7) is 3.55. The number of hydrogen-bond donors (Lipinski definition) is 2. The Kier molecular flexibility index (Phi) is 5.69. The third-order valence-electron chi connectivity index (χ3n) is 4.43. The van der Waals surface area contributed by atoms with Gasteiger partial charge in [0.15, 0.2) is 0 Å². The van der Waals surface area contributed by atoms with Crippen LogP contribution in [0.5, 0.6) is 0 Å².